The highest BCUT2D eigenvalue weighted by molar-refractivity contribution is 5.55. The minimum atomic E-state index is 0.229. The van der Waals surface area contributed by atoms with E-state index in [-0.39, 0.29) is 6.04 Å². The third-order valence-corrected chi connectivity index (χ3v) is 5.14. The Morgan fingerprint density at radius 3 is 2.96 bits per heavy atom. The van der Waals surface area contributed by atoms with E-state index in [1.54, 1.807) is 6.20 Å². The maximum Gasteiger partial charge on any atom is 0.147 e. The first-order valence-electron chi connectivity index (χ1n) is 8.45. The van der Waals surface area contributed by atoms with Crippen LogP contribution in [0.25, 0.3) is 0 Å². The number of nitriles is 1. The minimum Gasteiger partial charge on any atom is -0.345 e. The van der Waals surface area contributed by atoms with E-state index < -0.39 is 0 Å². The monoisotopic (exact) mass is 307 g/mol. The first-order valence-corrected chi connectivity index (χ1v) is 8.45. The number of pyridine rings is 1. The lowest BCUT2D eigenvalue weighted by molar-refractivity contribution is 0.607. The van der Waals surface area contributed by atoms with Gasteiger partial charge in [0.05, 0.1) is 17.3 Å². The Bertz CT molecular complexity index is 770. The molecule has 2 aliphatic rings. The van der Waals surface area contributed by atoms with Crippen molar-refractivity contribution in [2.75, 3.05) is 11.4 Å². The van der Waals surface area contributed by atoms with E-state index in [1.807, 2.05) is 12.1 Å². The second-order valence-electron chi connectivity index (χ2n) is 6.47. The molecule has 23 heavy (non-hydrogen) atoms. The van der Waals surface area contributed by atoms with Crippen molar-refractivity contribution in [1.29, 1.82) is 5.26 Å². The lowest BCUT2D eigenvalue weighted by Gasteiger charge is -2.26. The summed E-state index contributed by atoms with van der Waals surface area (Å²) < 4.78 is 2.30. The first-order chi connectivity index (χ1) is 11.3. The lowest BCUT2D eigenvalue weighted by Crippen LogP contribution is -2.26. The molecule has 1 fully saturated rings. The zero-order valence-corrected chi connectivity index (χ0v) is 13.5. The van der Waals surface area contributed by atoms with Crippen LogP contribution in [0, 0.1) is 11.3 Å². The number of aromatic nitrogens is 3. The van der Waals surface area contributed by atoms with E-state index in [9.17, 15) is 5.26 Å². The number of nitrogens with zero attached hydrogens (tertiary/aromatic N) is 5. The van der Waals surface area contributed by atoms with E-state index in [2.05, 4.69) is 27.6 Å². The number of hydrogen-bond donors (Lipinski definition) is 0. The van der Waals surface area contributed by atoms with Gasteiger partial charge in [0, 0.05) is 25.5 Å². The molecular formula is C18H21N5. The number of anilines is 1. The number of hydrogen-bond acceptors (Lipinski definition) is 4. The molecule has 0 aromatic carbocycles. The highest BCUT2D eigenvalue weighted by Crippen LogP contribution is 2.37. The highest BCUT2D eigenvalue weighted by Gasteiger charge is 2.33. The first kappa shape index (κ1) is 14.3. The molecule has 0 N–H and O–H groups in total. The summed E-state index contributed by atoms with van der Waals surface area (Å²) in [6.45, 7) is 0.938. The van der Waals surface area contributed by atoms with Crippen LogP contribution in [-0.4, -0.2) is 21.1 Å². The standard InChI is InChI=1S/C18H21N5/c1-22-15-8-3-2-7-14(15)21-18(22)16-9-5-11-23(16)17-13(12-19)6-4-10-20-17/h4,6,10,16H,2-3,5,7-9,11H2,1H3. The van der Waals surface area contributed by atoms with Gasteiger partial charge in [-0.3, -0.25) is 0 Å². The summed E-state index contributed by atoms with van der Waals surface area (Å²) in [5.41, 5.74) is 3.33. The SMILES string of the molecule is Cn1c(C2CCCN2c2ncccc2C#N)nc2c1CCCC2. The van der Waals surface area contributed by atoms with E-state index in [0.29, 0.717) is 5.56 Å². The van der Waals surface area contributed by atoms with E-state index in [1.165, 1.54) is 24.2 Å². The summed E-state index contributed by atoms with van der Waals surface area (Å²) >= 11 is 0. The summed E-state index contributed by atoms with van der Waals surface area (Å²) in [7, 11) is 2.15. The quantitative estimate of drug-likeness (QED) is 0.856. The normalized spacial score (nSPS) is 20.3. The van der Waals surface area contributed by atoms with Gasteiger partial charge in [0.25, 0.3) is 0 Å². The number of imidazole rings is 1. The third kappa shape index (κ3) is 2.29. The van der Waals surface area contributed by atoms with Gasteiger partial charge in [-0.2, -0.15) is 5.26 Å². The predicted octanol–water partition coefficient (Wildman–Crippen LogP) is 2.91. The molecule has 5 nitrogen and oxygen atoms in total. The molecule has 0 spiro atoms. The van der Waals surface area contributed by atoms with Gasteiger partial charge in [0.15, 0.2) is 0 Å². The van der Waals surface area contributed by atoms with Crippen molar-refractivity contribution in [1.82, 2.24) is 14.5 Å². The Labute approximate surface area is 136 Å². The van der Waals surface area contributed by atoms with Gasteiger partial charge in [-0.1, -0.05) is 0 Å². The fourth-order valence-corrected chi connectivity index (χ4v) is 4.01. The number of aryl methyl sites for hydroxylation is 1. The predicted molar refractivity (Wildman–Crippen MR) is 88.1 cm³/mol. The Kier molecular flexibility index (Phi) is 3.53. The van der Waals surface area contributed by atoms with Gasteiger partial charge in [-0.25, -0.2) is 9.97 Å². The molecule has 2 aromatic rings. The van der Waals surface area contributed by atoms with Crippen LogP contribution in [0.3, 0.4) is 0 Å². The van der Waals surface area contributed by atoms with Gasteiger partial charge in [0.1, 0.15) is 17.7 Å². The lowest BCUT2D eigenvalue weighted by atomic mass is 10.0. The van der Waals surface area contributed by atoms with Crippen molar-refractivity contribution < 1.29 is 0 Å². The molecular weight excluding hydrogens is 286 g/mol. The van der Waals surface area contributed by atoms with Crippen LogP contribution >= 0.6 is 0 Å². The Morgan fingerprint density at radius 1 is 1.26 bits per heavy atom. The molecule has 0 radical (unpaired) electrons. The summed E-state index contributed by atoms with van der Waals surface area (Å²) in [6.07, 6.45) is 8.71. The van der Waals surface area contributed by atoms with Gasteiger partial charge in [0.2, 0.25) is 0 Å². The van der Waals surface area contributed by atoms with E-state index >= 15 is 0 Å². The van der Waals surface area contributed by atoms with Crippen molar-refractivity contribution >= 4 is 5.82 Å². The molecule has 1 unspecified atom stereocenters. The summed E-state index contributed by atoms with van der Waals surface area (Å²) in [4.78, 5) is 11.7. The molecule has 1 saturated heterocycles. The van der Waals surface area contributed by atoms with E-state index in [4.69, 9.17) is 4.98 Å². The van der Waals surface area contributed by atoms with Crippen LogP contribution in [0.1, 0.15) is 54.5 Å². The Hall–Kier alpha value is -2.35. The maximum absolute atomic E-state index is 9.39. The second kappa shape index (κ2) is 5.69. The molecule has 1 atom stereocenters. The maximum atomic E-state index is 9.39. The third-order valence-electron chi connectivity index (χ3n) is 5.14. The average Bonchev–Trinajstić information content (AvgIpc) is 3.20. The largest absolute Gasteiger partial charge is 0.345 e. The van der Waals surface area contributed by atoms with Gasteiger partial charge in [-0.05, 0) is 50.7 Å². The number of rotatable bonds is 2. The average molecular weight is 307 g/mol. The molecule has 1 aliphatic heterocycles. The van der Waals surface area contributed by atoms with Gasteiger partial charge in [-0.15, -0.1) is 0 Å². The van der Waals surface area contributed by atoms with Crippen LogP contribution in [-0.2, 0) is 19.9 Å². The van der Waals surface area contributed by atoms with Gasteiger partial charge >= 0.3 is 0 Å². The Morgan fingerprint density at radius 2 is 2.13 bits per heavy atom. The van der Waals surface area contributed by atoms with Crippen molar-refractivity contribution in [2.24, 2.45) is 7.05 Å². The summed E-state index contributed by atoms with van der Waals surface area (Å²) in [6, 6.07) is 6.18. The molecule has 4 rings (SSSR count). The smallest absolute Gasteiger partial charge is 0.147 e. The summed E-state index contributed by atoms with van der Waals surface area (Å²) in [5, 5.41) is 9.39. The number of fused-ring (bicyclic) bond motifs is 1. The summed E-state index contributed by atoms with van der Waals surface area (Å²) in [5.74, 6) is 1.95. The van der Waals surface area contributed by atoms with Crippen molar-refractivity contribution in [3.63, 3.8) is 0 Å². The fourth-order valence-electron chi connectivity index (χ4n) is 4.01. The van der Waals surface area contributed by atoms with Crippen LogP contribution in [0.15, 0.2) is 18.3 Å². The van der Waals surface area contributed by atoms with Crippen LogP contribution in [0.4, 0.5) is 5.82 Å². The topological polar surface area (TPSA) is 57.7 Å². The molecule has 3 heterocycles. The minimum absolute atomic E-state index is 0.229. The molecule has 0 bridgehead atoms. The van der Waals surface area contributed by atoms with Crippen molar-refractivity contribution in [3.8, 4) is 6.07 Å². The van der Waals surface area contributed by atoms with E-state index in [0.717, 1.165) is 43.9 Å². The van der Waals surface area contributed by atoms with Crippen LogP contribution < -0.4 is 4.90 Å². The fraction of sp³-hybridized carbons (Fsp3) is 0.500. The molecule has 118 valence electrons. The van der Waals surface area contributed by atoms with Crippen LogP contribution in [0.2, 0.25) is 0 Å². The zero-order valence-electron chi connectivity index (χ0n) is 13.5. The molecule has 2 aromatic heterocycles. The molecule has 5 heteroatoms. The van der Waals surface area contributed by atoms with Crippen LogP contribution in [0.5, 0.6) is 0 Å². The van der Waals surface area contributed by atoms with Crippen molar-refractivity contribution in [3.05, 3.63) is 41.1 Å². The highest BCUT2D eigenvalue weighted by atomic mass is 15.3. The zero-order chi connectivity index (χ0) is 15.8. The molecule has 0 saturated carbocycles. The molecule has 1 aliphatic carbocycles. The Balaban J connectivity index is 1.74. The van der Waals surface area contributed by atoms with Crippen molar-refractivity contribution in [2.45, 2.75) is 44.6 Å². The van der Waals surface area contributed by atoms with Gasteiger partial charge < -0.3 is 9.47 Å². The molecule has 0 amide bonds. The second-order valence-corrected chi connectivity index (χ2v) is 6.47.